The van der Waals surface area contributed by atoms with Gasteiger partial charge in [0.15, 0.2) is 16.8 Å². The molecule has 0 spiro atoms. The minimum absolute atomic E-state index is 0.0219. The second kappa shape index (κ2) is 11.4. The van der Waals surface area contributed by atoms with Crippen molar-refractivity contribution in [2.45, 2.75) is 24.5 Å². The maximum atomic E-state index is 12.7. The normalized spacial score (nSPS) is 11.6. The zero-order valence-electron chi connectivity index (χ0n) is 19.4. The molecule has 9 nitrogen and oxygen atoms in total. The molecule has 0 aliphatic heterocycles. The number of thioether (sulfide) groups is 1. The van der Waals surface area contributed by atoms with Crippen LogP contribution in [0.15, 0.2) is 90.1 Å². The first-order valence-corrected chi connectivity index (χ1v) is 12.1. The van der Waals surface area contributed by atoms with Crippen LogP contribution >= 0.6 is 11.8 Å². The number of amides is 1. The van der Waals surface area contributed by atoms with E-state index in [4.69, 9.17) is 0 Å². The van der Waals surface area contributed by atoms with Gasteiger partial charge >= 0.3 is 0 Å². The Balaban J connectivity index is 1.53. The molecule has 0 aliphatic rings. The largest absolute Gasteiger partial charge is 0.345 e. The van der Waals surface area contributed by atoms with Crippen molar-refractivity contribution < 1.29 is 14.5 Å². The SMILES string of the molecule is CC(=O)[C@H](Cc1ccccc1)NC(=O)CSc1nnc(-c2ccc([N+](=O)[O-])cc2)n1-c1ccccc1. The van der Waals surface area contributed by atoms with Crippen molar-refractivity contribution >= 4 is 29.1 Å². The smallest absolute Gasteiger partial charge is 0.269 e. The number of para-hydroxylation sites is 1. The average Bonchev–Trinajstić information content (AvgIpc) is 3.32. The molecule has 1 N–H and O–H groups in total. The summed E-state index contributed by atoms with van der Waals surface area (Å²) in [7, 11) is 0. The molecule has 0 unspecified atom stereocenters. The second-order valence-electron chi connectivity index (χ2n) is 7.99. The third-order valence-corrected chi connectivity index (χ3v) is 6.35. The number of nitrogens with zero attached hydrogens (tertiary/aromatic N) is 4. The van der Waals surface area contributed by atoms with Crippen LogP contribution in [0.25, 0.3) is 17.1 Å². The molecule has 36 heavy (non-hydrogen) atoms. The van der Waals surface area contributed by atoms with Gasteiger partial charge in [-0.2, -0.15) is 0 Å². The first kappa shape index (κ1) is 24.8. The Labute approximate surface area is 211 Å². The number of nitrogens with one attached hydrogen (secondary N) is 1. The van der Waals surface area contributed by atoms with Crippen LogP contribution in [0.4, 0.5) is 5.69 Å². The van der Waals surface area contributed by atoms with E-state index in [1.165, 1.54) is 30.8 Å². The standard InChI is InChI=1S/C26H23N5O4S/c1-18(32)23(16-19-8-4-2-5-9-19)27-24(33)17-36-26-29-28-25(30(26)21-10-6-3-7-11-21)20-12-14-22(15-13-20)31(34)35/h2-15,23H,16-17H2,1H3,(H,27,33)/t23-/m0/s1. The van der Waals surface area contributed by atoms with Gasteiger partial charge in [0, 0.05) is 23.4 Å². The highest BCUT2D eigenvalue weighted by Gasteiger charge is 2.21. The van der Waals surface area contributed by atoms with E-state index in [1.54, 1.807) is 16.7 Å². The summed E-state index contributed by atoms with van der Waals surface area (Å²) in [5, 5.41) is 22.9. The lowest BCUT2D eigenvalue weighted by Gasteiger charge is -2.16. The van der Waals surface area contributed by atoms with E-state index in [9.17, 15) is 19.7 Å². The van der Waals surface area contributed by atoms with E-state index in [-0.39, 0.29) is 23.1 Å². The van der Waals surface area contributed by atoms with Crippen molar-refractivity contribution in [3.63, 3.8) is 0 Å². The third kappa shape index (κ3) is 6.02. The number of nitro benzene ring substituents is 1. The third-order valence-electron chi connectivity index (χ3n) is 5.43. The number of benzene rings is 3. The van der Waals surface area contributed by atoms with Crippen LogP contribution in [-0.2, 0) is 16.0 Å². The molecular weight excluding hydrogens is 478 g/mol. The van der Waals surface area contributed by atoms with Crippen molar-refractivity contribution in [1.29, 1.82) is 0 Å². The number of carbonyl (C=O) groups is 2. The number of rotatable bonds is 10. The van der Waals surface area contributed by atoms with Crippen LogP contribution in [0.3, 0.4) is 0 Å². The Morgan fingerprint density at radius 1 is 0.972 bits per heavy atom. The van der Waals surface area contributed by atoms with Crippen molar-refractivity contribution in [2.75, 3.05) is 5.75 Å². The number of carbonyl (C=O) groups excluding carboxylic acids is 2. The fourth-order valence-electron chi connectivity index (χ4n) is 3.60. The van der Waals surface area contributed by atoms with Crippen molar-refractivity contribution in [2.24, 2.45) is 0 Å². The van der Waals surface area contributed by atoms with Crippen LogP contribution in [0.2, 0.25) is 0 Å². The van der Waals surface area contributed by atoms with E-state index in [1.807, 2.05) is 60.7 Å². The van der Waals surface area contributed by atoms with Gasteiger partial charge in [0.1, 0.15) is 0 Å². The van der Waals surface area contributed by atoms with Gasteiger partial charge in [0.05, 0.1) is 16.7 Å². The Morgan fingerprint density at radius 2 is 1.61 bits per heavy atom. The zero-order valence-corrected chi connectivity index (χ0v) is 20.2. The predicted octanol–water partition coefficient (Wildman–Crippen LogP) is 4.25. The summed E-state index contributed by atoms with van der Waals surface area (Å²) in [5.41, 5.74) is 2.37. The van der Waals surface area contributed by atoms with Gasteiger partial charge in [-0.15, -0.1) is 10.2 Å². The number of ketones is 1. The van der Waals surface area contributed by atoms with Crippen LogP contribution in [0.5, 0.6) is 0 Å². The molecule has 0 radical (unpaired) electrons. The molecule has 4 rings (SSSR count). The lowest BCUT2D eigenvalue weighted by Crippen LogP contribution is -2.42. The molecule has 1 aromatic heterocycles. The van der Waals surface area contributed by atoms with E-state index in [0.717, 1.165) is 11.3 Å². The molecule has 1 atom stereocenters. The highest BCUT2D eigenvalue weighted by Crippen LogP contribution is 2.29. The lowest BCUT2D eigenvalue weighted by atomic mass is 10.0. The minimum atomic E-state index is -0.622. The highest BCUT2D eigenvalue weighted by atomic mass is 32.2. The molecule has 182 valence electrons. The minimum Gasteiger partial charge on any atom is -0.345 e. The maximum Gasteiger partial charge on any atom is 0.269 e. The zero-order chi connectivity index (χ0) is 25.5. The van der Waals surface area contributed by atoms with Crippen molar-refractivity contribution in [3.05, 3.63) is 101 Å². The Kier molecular flexibility index (Phi) is 7.86. The van der Waals surface area contributed by atoms with Gasteiger partial charge in [-0.1, -0.05) is 60.3 Å². The number of Topliss-reactive ketones (excluding diaryl/α,β-unsaturated/α-hetero) is 1. The first-order valence-electron chi connectivity index (χ1n) is 11.1. The van der Waals surface area contributed by atoms with Gasteiger partial charge in [0.25, 0.3) is 5.69 Å². The lowest BCUT2D eigenvalue weighted by molar-refractivity contribution is -0.384. The molecule has 10 heteroatoms. The molecular formula is C26H23N5O4S. The van der Waals surface area contributed by atoms with E-state index < -0.39 is 11.0 Å². The number of non-ortho nitro benzene ring substituents is 1. The van der Waals surface area contributed by atoms with Crippen LogP contribution < -0.4 is 5.32 Å². The summed E-state index contributed by atoms with van der Waals surface area (Å²) in [6.45, 7) is 1.46. The molecule has 1 heterocycles. The molecule has 0 aliphatic carbocycles. The number of hydrogen-bond acceptors (Lipinski definition) is 7. The fourth-order valence-corrected chi connectivity index (χ4v) is 4.37. The van der Waals surface area contributed by atoms with E-state index in [2.05, 4.69) is 15.5 Å². The Morgan fingerprint density at radius 3 is 2.22 bits per heavy atom. The molecule has 0 saturated carbocycles. The fraction of sp³-hybridized carbons (Fsp3) is 0.154. The Bertz CT molecular complexity index is 1360. The molecule has 1 amide bonds. The van der Waals surface area contributed by atoms with Crippen LogP contribution in [0, 0.1) is 10.1 Å². The molecule has 4 aromatic rings. The summed E-state index contributed by atoms with van der Waals surface area (Å²) < 4.78 is 1.80. The van der Waals surface area contributed by atoms with Crippen LogP contribution in [0.1, 0.15) is 12.5 Å². The highest BCUT2D eigenvalue weighted by molar-refractivity contribution is 7.99. The monoisotopic (exact) mass is 501 g/mol. The summed E-state index contributed by atoms with van der Waals surface area (Å²) in [6.07, 6.45) is 0.414. The first-order chi connectivity index (χ1) is 17.4. The van der Waals surface area contributed by atoms with Gasteiger partial charge in [-0.05, 0) is 43.2 Å². The van der Waals surface area contributed by atoms with Crippen molar-refractivity contribution in [1.82, 2.24) is 20.1 Å². The number of nitro groups is 1. The summed E-state index contributed by atoms with van der Waals surface area (Å²) in [6, 6.07) is 24.3. The summed E-state index contributed by atoms with van der Waals surface area (Å²) in [5.74, 6) is 0.106. The summed E-state index contributed by atoms with van der Waals surface area (Å²) in [4.78, 5) is 35.4. The van der Waals surface area contributed by atoms with Crippen LogP contribution in [-0.4, -0.2) is 43.2 Å². The number of aromatic nitrogens is 3. The Hall–Kier alpha value is -4.31. The molecule has 0 saturated heterocycles. The molecule has 3 aromatic carbocycles. The second-order valence-corrected chi connectivity index (χ2v) is 8.93. The predicted molar refractivity (Wildman–Crippen MR) is 137 cm³/mol. The van der Waals surface area contributed by atoms with Crippen molar-refractivity contribution in [3.8, 4) is 17.1 Å². The van der Waals surface area contributed by atoms with Gasteiger partial charge in [-0.3, -0.25) is 24.3 Å². The number of hydrogen-bond donors (Lipinski definition) is 1. The van der Waals surface area contributed by atoms with E-state index in [0.29, 0.717) is 23.0 Å². The van der Waals surface area contributed by atoms with Gasteiger partial charge in [-0.25, -0.2) is 0 Å². The average molecular weight is 502 g/mol. The molecule has 0 fully saturated rings. The molecule has 0 bridgehead atoms. The topological polar surface area (TPSA) is 120 Å². The summed E-state index contributed by atoms with van der Waals surface area (Å²) >= 11 is 1.19. The van der Waals surface area contributed by atoms with Gasteiger partial charge < -0.3 is 5.32 Å². The maximum absolute atomic E-state index is 12.7. The van der Waals surface area contributed by atoms with Gasteiger partial charge in [0.2, 0.25) is 5.91 Å². The van der Waals surface area contributed by atoms with E-state index >= 15 is 0 Å². The quantitative estimate of drug-likeness (QED) is 0.196.